The molecule has 124 valence electrons. The van der Waals surface area contributed by atoms with E-state index < -0.39 is 31.4 Å². The molecule has 7 nitrogen and oxygen atoms in total. The number of ether oxygens (including phenoxy) is 1. The summed E-state index contributed by atoms with van der Waals surface area (Å²) in [6, 6.07) is -0.698. The normalized spacial score (nSPS) is 15.1. The zero-order valence-corrected chi connectivity index (χ0v) is 14.2. The molecule has 0 aliphatic rings. The first-order chi connectivity index (χ1) is 9.56. The summed E-state index contributed by atoms with van der Waals surface area (Å²) in [5, 5.41) is 12.4. The Morgan fingerprint density at radius 3 is 2.29 bits per heavy atom. The molecule has 0 saturated carbocycles. The highest BCUT2D eigenvalue weighted by atomic mass is 31.2. The van der Waals surface area contributed by atoms with Crippen molar-refractivity contribution in [3.63, 3.8) is 0 Å². The summed E-state index contributed by atoms with van der Waals surface area (Å²) in [4.78, 5) is 11.7. The van der Waals surface area contributed by atoms with Crippen molar-refractivity contribution in [1.29, 1.82) is 0 Å². The van der Waals surface area contributed by atoms with E-state index in [2.05, 4.69) is 11.9 Å². The highest BCUT2D eigenvalue weighted by Crippen LogP contribution is 2.47. The largest absolute Gasteiger partial charge is 0.444 e. The topological polar surface area (TPSA) is 94.1 Å². The van der Waals surface area contributed by atoms with Gasteiger partial charge in [-0.2, -0.15) is 0 Å². The number of hydrogen-bond acceptors (Lipinski definition) is 6. The van der Waals surface area contributed by atoms with Crippen molar-refractivity contribution in [2.24, 2.45) is 0 Å². The average Bonchev–Trinajstić information content (AvgIpc) is 2.40. The predicted molar refractivity (Wildman–Crippen MR) is 80.5 cm³/mol. The van der Waals surface area contributed by atoms with E-state index in [-0.39, 0.29) is 12.6 Å². The lowest BCUT2D eigenvalue weighted by atomic mass is 10.1. The molecule has 0 aromatic carbocycles. The van der Waals surface area contributed by atoms with Crippen molar-refractivity contribution in [3.8, 4) is 0 Å². The van der Waals surface area contributed by atoms with Gasteiger partial charge in [0.15, 0.2) is 0 Å². The van der Waals surface area contributed by atoms with E-state index in [4.69, 9.17) is 13.8 Å². The van der Waals surface area contributed by atoms with Gasteiger partial charge in [-0.05, 0) is 27.2 Å². The maximum absolute atomic E-state index is 12.0. The first-order valence-corrected chi connectivity index (χ1v) is 8.30. The number of rotatable bonds is 8. The van der Waals surface area contributed by atoms with Crippen molar-refractivity contribution >= 4 is 13.7 Å². The van der Waals surface area contributed by atoms with Gasteiger partial charge in [0, 0.05) is 14.2 Å². The van der Waals surface area contributed by atoms with Crippen LogP contribution in [-0.4, -0.2) is 49.3 Å². The second-order valence-corrected chi connectivity index (χ2v) is 7.87. The molecule has 0 bridgehead atoms. The molecule has 0 aliphatic carbocycles. The van der Waals surface area contributed by atoms with Crippen LogP contribution in [0.2, 0.25) is 0 Å². The molecule has 2 N–H and O–H groups in total. The Labute approximate surface area is 126 Å². The summed E-state index contributed by atoms with van der Waals surface area (Å²) < 4.78 is 26.7. The SMILES string of the molecule is C=C[C@@H](O)[C@H](CCP(=O)(OC)OC)NC(=O)OC(C)(C)C. The van der Waals surface area contributed by atoms with Gasteiger partial charge in [-0.25, -0.2) is 4.79 Å². The second-order valence-electron chi connectivity index (χ2n) is 5.47. The van der Waals surface area contributed by atoms with Crippen LogP contribution in [0, 0.1) is 0 Å². The molecule has 1 amide bonds. The predicted octanol–water partition coefficient (Wildman–Crippen LogP) is 2.30. The summed E-state index contributed by atoms with van der Waals surface area (Å²) in [6.07, 6.45) is -0.152. The van der Waals surface area contributed by atoms with Gasteiger partial charge in [0.05, 0.1) is 18.3 Å². The van der Waals surface area contributed by atoms with Crippen molar-refractivity contribution in [2.45, 2.75) is 44.9 Å². The Balaban J connectivity index is 4.71. The first kappa shape index (κ1) is 20.1. The third kappa shape index (κ3) is 8.21. The lowest BCUT2D eigenvalue weighted by molar-refractivity contribution is 0.0452. The van der Waals surface area contributed by atoms with Gasteiger partial charge in [0.2, 0.25) is 0 Å². The number of aliphatic hydroxyl groups is 1. The number of amides is 1. The minimum atomic E-state index is -3.21. The molecular formula is C13H26NO6P. The molecule has 0 spiro atoms. The smallest absolute Gasteiger partial charge is 0.407 e. The number of carbonyl (C=O) groups excluding carboxylic acids is 1. The quantitative estimate of drug-likeness (QED) is 0.526. The second kappa shape index (κ2) is 8.54. The maximum Gasteiger partial charge on any atom is 0.407 e. The molecule has 0 aromatic heterocycles. The van der Waals surface area contributed by atoms with E-state index in [0.29, 0.717) is 0 Å². The number of nitrogens with one attached hydrogen (secondary N) is 1. The van der Waals surface area contributed by atoms with Crippen LogP contribution in [0.1, 0.15) is 27.2 Å². The fraction of sp³-hybridized carbons (Fsp3) is 0.769. The number of alkyl carbamates (subject to hydrolysis) is 1. The average molecular weight is 323 g/mol. The van der Waals surface area contributed by atoms with Crippen LogP contribution in [0.25, 0.3) is 0 Å². The van der Waals surface area contributed by atoms with Crippen molar-refractivity contribution in [1.82, 2.24) is 5.32 Å². The fourth-order valence-corrected chi connectivity index (χ4v) is 2.61. The molecule has 0 radical (unpaired) electrons. The Morgan fingerprint density at radius 1 is 1.38 bits per heavy atom. The molecular weight excluding hydrogens is 297 g/mol. The number of aliphatic hydroxyl groups excluding tert-OH is 1. The minimum absolute atomic E-state index is 0.0470. The lowest BCUT2D eigenvalue weighted by Crippen LogP contribution is -2.45. The van der Waals surface area contributed by atoms with Crippen molar-refractivity contribution < 1.29 is 28.3 Å². The van der Waals surface area contributed by atoms with E-state index in [1.807, 2.05) is 0 Å². The Hall–Kier alpha value is -0.880. The van der Waals surface area contributed by atoms with Gasteiger partial charge >= 0.3 is 13.7 Å². The molecule has 0 fully saturated rings. The monoisotopic (exact) mass is 323 g/mol. The van der Waals surface area contributed by atoms with Crippen LogP contribution in [0.5, 0.6) is 0 Å². The highest BCUT2D eigenvalue weighted by Gasteiger charge is 2.28. The Morgan fingerprint density at radius 2 is 1.90 bits per heavy atom. The molecule has 8 heteroatoms. The maximum atomic E-state index is 12.0. The molecule has 0 rings (SSSR count). The van der Waals surface area contributed by atoms with E-state index in [1.165, 1.54) is 20.3 Å². The Bertz CT molecular complexity index is 385. The number of hydrogen-bond donors (Lipinski definition) is 2. The van der Waals surface area contributed by atoms with Gasteiger partial charge in [-0.1, -0.05) is 6.08 Å². The molecule has 0 aromatic rings. The lowest BCUT2D eigenvalue weighted by Gasteiger charge is -2.26. The number of carbonyl (C=O) groups is 1. The highest BCUT2D eigenvalue weighted by molar-refractivity contribution is 7.53. The Kier molecular flexibility index (Phi) is 8.18. The molecule has 0 saturated heterocycles. The van der Waals surface area contributed by atoms with Gasteiger partial charge in [0.1, 0.15) is 5.60 Å². The van der Waals surface area contributed by atoms with Crippen LogP contribution in [0.4, 0.5) is 4.79 Å². The summed E-state index contributed by atoms with van der Waals surface area (Å²) in [5.74, 6) is 0. The van der Waals surface area contributed by atoms with Gasteiger partial charge in [-0.3, -0.25) is 4.57 Å². The molecule has 2 atom stereocenters. The molecule has 21 heavy (non-hydrogen) atoms. The van der Waals surface area contributed by atoms with Crippen LogP contribution in [0.15, 0.2) is 12.7 Å². The standard InChI is InChI=1S/C13H26NO6P/c1-7-11(15)10(8-9-21(17,18-5)19-6)14-12(16)20-13(2,3)4/h7,10-11,15H,1,8-9H2,2-6H3,(H,14,16)/t10-,11+/m0/s1. The van der Waals surface area contributed by atoms with Gasteiger partial charge in [-0.15, -0.1) is 6.58 Å². The van der Waals surface area contributed by atoms with Crippen molar-refractivity contribution in [3.05, 3.63) is 12.7 Å². The zero-order valence-electron chi connectivity index (χ0n) is 13.3. The van der Waals surface area contributed by atoms with E-state index in [0.717, 1.165) is 0 Å². The first-order valence-electron chi connectivity index (χ1n) is 6.57. The van der Waals surface area contributed by atoms with Crippen LogP contribution in [0.3, 0.4) is 0 Å². The van der Waals surface area contributed by atoms with Gasteiger partial charge in [0.25, 0.3) is 0 Å². The summed E-state index contributed by atoms with van der Waals surface area (Å²) >= 11 is 0. The molecule has 0 heterocycles. The zero-order chi connectivity index (χ0) is 16.7. The minimum Gasteiger partial charge on any atom is -0.444 e. The van der Waals surface area contributed by atoms with E-state index in [9.17, 15) is 14.5 Å². The fourth-order valence-electron chi connectivity index (χ4n) is 1.51. The summed E-state index contributed by atoms with van der Waals surface area (Å²) in [6.45, 7) is 8.67. The van der Waals surface area contributed by atoms with Gasteiger partial charge < -0.3 is 24.2 Å². The van der Waals surface area contributed by atoms with E-state index in [1.54, 1.807) is 20.8 Å². The molecule has 0 aliphatic heterocycles. The third-order valence-corrected chi connectivity index (χ3v) is 4.54. The van der Waals surface area contributed by atoms with Crippen LogP contribution >= 0.6 is 7.60 Å². The third-order valence-electron chi connectivity index (χ3n) is 2.63. The van der Waals surface area contributed by atoms with E-state index >= 15 is 0 Å². The van der Waals surface area contributed by atoms with Crippen LogP contribution < -0.4 is 5.32 Å². The summed E-state index contributed by atoms with van der Waals surface area (Å²) in [7, 11) is -0.643. The molecule has 0 unspecified atom stereocenters. The van der Waals surface area contributed by atoms with Crippen molar-refractivity contribution in [2.75, 3.05) is 20.4 Å². The van der Waals surface area contributed by atoms with Crippen LogP contribution in [-0.2, 0) is 18.3 Å². The summed E-state index contributed by atoms with van der Waals surface area (Å²) in [5.41, 5.74) is -0.651.